The molecule has 1 aliphatic heterocycles. The van der Waals surface area contributed by atoms with Gasteiger partial charge in [0.25, 0.3) is 0 Å². The molecule has 0 amide bonds. The molecule has 12 heavy (non-hydrogen) atoms. The summed E-state index contributed by atoms with van der Waals surface area (Å²) in [6.45, 7) is 0.349. The van der Waals surface area contributed by atoms with Gasteiger partial charge in [-0.15, -0.1) is 12.4 Å². The van der Waals surface area contributed by atoms with E-state index >= 15 is 0 Å². The minimum Gasteiger partial charge on any atom is -0.377 e. The van der Waals surface area contributed by atoms with Gasteiger partial charge in [-0.2, -0.15) is 0 Å². The maximum absolute atomic E-state index is 11.0. The van der Waals surface area contributed by atoms with Gasteiger partial charge < -0.3 is 5.32 Å². The average molecular weight is 186 g/mol. The molecule has 3 nitrogen and oxygen atoms in total. The Morgan fingerprint density at radius 3 is 2.75 bits per heavy atom. The first-order valence-corrected chi connectivity index (χ1v) is 3.48. The molecule has 0 aromatic carbocycles. The highest BCUT2D eigenvalue weighted by atomic mass is 35.5. The molecule has 0 aromatic heterocycles. The molecule has 0 spiro atoms. The Morgan fingerprint density at radius 1 is 1.25 bits per heavy atom. The predicted molar refractivity (Wildman–Crippen MR) is 46.0 cm³/mol. The Labute approximate surface area is 75.9 Å². The molecule has 4 heteroatoms. The van der Waals surface area contributed by atoms with Crippen LogP contribution in [0.4, 0.5) is 0 Å². The fraction of sp³-hybridized carbons (Fsp3) is 0.250. The van der Waals surface area contributed by atoms with Crippen LogP contribution >= 0.6 is 12.4 Å². The van der Waals surface area contributed by atoms with Gasteiger partial charge in [-0.25, -0.2) is 0 Å². The zero-order chi connectivity index (χ0) is 7.84. The zero-order valence-electron chi connectivity index (χ0n) is 6.29. The molecule has 0 bridgehead atoms. The molecule has 0 fully saturated rings. The van der Waals surface area contributed by atoms with Crippen LogP contribution < -0.4 is 5.32 Å². The van der Waals surface area contributed by atoms with E-state index in [1.807, 2.05) is 0 Å². The fourth-order valence-electron chi connectivity index (χ4n) is 1.30. The number of rotatable bonds is 0. The van der Waals surface area contributed by atoms with E-state index in [9.17, 15) is 9.59 Å². The molecule has 2 aliphatic rings. The maximum Gasteiger partial charge on any atom is 0.180 e. The molecule has 0 unspecified atom stereocenters. The number of ketones is 2. The first kappa shape index (κ1) is 9.00. The van der Waals surface area contributed by atoms with Crippen molar-refractivity contribution in [3.05, 3.63) is 23.4 Å². The quantitative estimate of drug-likeness (QED) is 0.593. The van der Waals surface area contributed by atoms with Crippen molar-refractivity contribution in [3.8, 4) is 0 Å². The minimum absolute atomic E-state index is 0. The molecular weight excluding hydrogens is 178 g/mol. The number of carbonyl (C=O) groups is 2. The van der Waals surface area contributed by atoms with Gasteiger partial charge in [-0.05, 0) is 12.2 Å². The number of Topliss-reactive ketones (excluding diaryl/α,β-unsaturated/α-hetero) is 1. The molecule has 1 heterocycles. The van der Waals surface area contributed by atoms with Crippen molar-refractivity contribution >= 4 is 24.0 Å². The van der Waals surface area contributed by atoms with Gasteiger partial charge in [0.15, 0.2) is 11.6 Å². The van der Waals surface area contributed by atoms with Gasteiger partial charge in [-0.1, -0.05) is 0 Å². The van der Waals surface area contributed by atoms with Crippen LogP contribution in [0, 0.1) is 0 Å². The number of nitrogens with one attached hydrogen (secondary N) is 1. The monoisotopic (exact) mass is 185 g/mol. The molecule has 0 radical (unpaired) electrons. The molecule has 64 valence electrons. The third kappa shape index (κ3) is 1.28. The number of hydrogen-bond donors (Lipinski definition) is 1. The topological polar surface area (TPSA) is 46.2 Å². The van der Waals surface area contributed by atoms with Crippen molar-refractivity contribution in [1.29, 1.82) is 0 Å². The standard InChI is InChI=1S/C8H7NO2.ClH/c10-5-1-2-7-6(3-5)8(11)4-9-7;/h1-2,9H,3-4H2;1H. The lowest BCUT2D eigenvalue weighted by Crippen LogP contribution is -2.10. The van der Waals surface area contributed by atoms with E-state index in [-0.39, 0.29) is 30.4 Å². The summed E-state index contributed by atoms with van der Waals surface area (Å²) in [5, 5.41) is 2.92. The van der Waals surface area contributed by atoms with Crippen LogP contribution in [0.5, 0.6) is 0 Å². The molecule has 1 N–H and O–H groups in total. The van der Waals surface area contributed by atoms with Crippen molar-refractivity contribution < 1.29 is 9.59 Å². The van der Waals surface area contributed by atoms with Gasteiger partial charge in [-0.3, -0.25) is 9.59 Å². The third-order valence-corrected chi connectivity index (χ3v) is 1.89. The summed E-state index contributed by atoms with van der Waals surface area (Å²) >= 11 is 0. The smallest absolute Gasteiger partial charge is 0.180 e. The van der Waals surface area contributed by atoms with E-state index in [0.29, 0.717) is 12.1 Å². The van der Waals surface area contributed by atoms with E-state index < -0.39 is 0 Å². The van der Waals surface area contributed by atoms with E-state index in [1.54, 1.807) is 6.08 Å². The molecule has 0 aromatic rings. The Hall–Kier alpha value is -1.09. The Morgan fingerprint density at radius 2 is 2.00 bits per heavy atom. The second kappa shape index (κ2) is 3.11. The van der Waals surface area contributed by atoms with E-state index in [2.05, 4.69) is 5.32 Å². The Balaban J connectivity index is 0.000000720. The second-order valence-electron chi connectivity index (χ2n) is 2.65. The van der Waals surface area contributed by atoms with Crippen molar-refractivity contribution in [2.75, 3.05) is 6.54 Å². The number of hydrogen-bond acceptors (Lipinski definition) is 3. The predicted octanol–water partition coefficient (Wildman–Crippen LogP) is 0.364. The Bertz CT molecular complexity index is 304. The highest BCUT2D eigenvalue weighted by molar-refractivity contribution is 6.08. The van der Waals surface area contributed by atoms with Gasteiger partial charge >= 0.3 is 0 Å². The lowest BCUT2D eigenvalue weighted by molar-refractivity contribution is -0.117. The average Bonchev–Trinajstić information content (AvgIpc) is 2.33. The molecular formula is C8H8ClNO2. The van der Waals surface area contributed by atoms with Crippen LogP contribution in [0.25, 0.3) is 0 Å². The van der Waals surface area contributed by atoms with Gasteiger partial charge in [0.2, 0.25) is 0 Å². The first-order valence-electron chi connectivity index (χ1n) is 3.48. The summed E-state index contributed by atoms with van der Waals surface area (Å²) in [7, 11) is 0. The van der Waals surface area contributed by atoms with E-state index in [1.165, 1.54) is 6.08 Å². The third-order valence-electron chi connectivity index (χ3n) is 1.89. The lowest BCUT2D eigenvalue weighted by atomic mass is 10.0. The van der Waals surface area contributed by atoms with Crippen LogP contribution in [-0.2, 0) is 9.59 Å². The second-order valence-corrected chi connectivity index (χ2v) is 2.65. The Kier molecular flexibility index (Phi) is 2.33. The SMILES string of the molecule is Cl.O=C1C=CC2=C(C1)C(=O)CN2. The normalized spacial score (nSPS) is 20.3. The van der Waals surface area contributed by atoms with Crippen LogP contribution in [-0.4, -0.2) is 18.1 Å². The molecule has 0 atom stereocenters. The highest BCUT2D eigenvalue weighted by Gasteiger charge is 2.24. The maximum atomic E-state index is 11.0. The van der Waals surface area contributed by atoms with Gasteiger partial charge in [0.05, 0.1) is 6.54 Å². The molecule has 1 aliphatic carbocycles. The fourth-order valence-corrected chi connectivity index (χ4v) is 1.30. The number of halogens is 1. The van der Waals surface area contributed by atoms with Crippen LogP contribution in [0.15, 0.2) is 23.4 Å². The summed E-state index contributed by atoms with van der Waals surface area (Å²) in [5.74, 6) is 0.0681. The van der Waals surface area contributed by atoms with Crippen LogP contribution in [0.3, 0.4) is 0 Å². The van der Waals surface area contributed by atoms with Crippen molar-refractivity contribution in [1.82, 2.24) is 5.32 Å². The van der Waals surface area contributed by atoms with Gasteiger partial charge in [0.1, 0.15) is 0 Å². The number of allylic oxidation sites excluding steroid dienone is 2. The van der Waals surface area contributed by atoms with Crippen molar-refractivity contribution in [2.45, 2.75) is 6.42 Å². The van der Waals surface area contributed by atoms with Crippen molar-refractivity contribution in [2.24, 2.45) is 0 Å². The summed E-state index contributed by atoms with van der Waals surface area (Å²) in [5.41, 5.74) is 1.48. The first-order chi connectivity index (χ1) is 5.27. The highest BCUT2D eigenvalue weighted by Crippen LogP contribution is 2.19. The number of carbonyl (C=O) groups excluding carboxylic acids is 2. The lowest BCUT2D eigenvalue weighted by Gasteiger charge is -2.03. The summed E-state index contributed by atoms with van der Waals surface area (Å²) < 4.78 is 0. The minimum atomic E-state index is 0. The molecule has 2 rings (SSSR count). The van der Waals surface area contributed by atoms with Crippen molar-refractivity contribution in [3.63, 3.8) is 0 Å². The van der Waals surface area contributed by atoms with Gasteiger partial charge in [0, 0.05) is 17.7 Å². The van der Waals surface area contributed by atoms with Crippen LogP contribution in [0.2, 0.25) is 0 Å². The largest absolute Gasteiger partial charge is 0.377 e. The van der Waals surface area contributed by atoms with E-state index in [0.717, 1.165) is 5.70 Å². The zero-order valence-corrected chi connectivity index (χ0v) is 7.11. The summed E-state index contributed by atoms with van der Waals surface area (Å²) in [4.78, 5) is 21.9. The molecule has 0 saturated carbocycles. The molecule has 0 saturated heterocycles. The van der Waals surface area contributed by atoms with E-state index in [4.69, 9.17) is 0 Å². The van der Waals surface area contributed by atoms with Crippen LogP contribution in [0.1, 0.15) is 6.42 Å². The summed E-state index contributed by atoms with van der Waals surface area (Å²) in [6, 6.07) is 0. The summed E-state index contributed by atoms with van der Waals surface area (Å²) in [6.07, 6.45) is 3.45.